The van der Waals surface area contributed by atoms with Crippen molar-refractivity contribution in [2.75, 3.05) is 13.2 Å². The largest absolute Gasteiger partial charge is 0.480 e. The van der Waals surface area contributed by atoms with Gasteiger partial charge in [0.2, 0.25) is 0 Å². The van der Waals surface area contributed by atoms with E-state index in [1.807, 2.05) is 32.0 Å². The van der Waals surface area contributed by atoms with Crippen molar-refractivity contribution >= 4 is 17.3 Å². The highest BCUT2D eigenvalue weighted by Crippen LogP contribution is 2.32. The van der Waals surface area contributed by atoms with E-state index in [1.54, 1.807) is 4.98 Å². The van der Waals surface area contributed by atoms with E-state index < -0.39 is 41.4 Å². The normalized spacial score (nSPS) is 20.4. The Morgan fingerprint density at radius 1 is 1.36 bits per heavy atom. The minimum Gasteiger partial charge on any atom is -0.480 e. The number of thiocarbonyl (C=S) groups is 1. The lowest BCUT2D eigenvalue weighted by atomic mass is 10.0. The number of aryl methyl sites for hydroxylation is 1. The molecule has 2 heterocycles. The van der Waals surface area contributed by atoms with Crippen molar-refractivity contribution in [3.63, 3.8) is 0 Å². The van der Waals surface area contributed by atoms with Crippen LogP contribution in [0.25, 0.3) is 0 Å². The first-order chi connectivity index (χ1) is 15.5. The number of rotatable bonds is 6. The topological polar surface area (TPSA) is 82.6 Å². The molecule has 0 amide bonds. The maximum absolute atomic E-state index is 13.1. The Morgan fingerprint density at radius 2 is 2.09 bits per heavy atom. The Balaban J connectivity index is 1.81. The molecule has 1 aliphatic rings. The fourth-order valence-electron chi connectivity index (χ4n) is 3.46. The number of ether oxygens (including phenoxy) is 3. The predicted molar refractivity (Wildman–Crippen MR) is 117 cm³/mol. The van der Waals surface area contributed by atoms with Crippen molar-refractivity contribution in [2.45, 2.75) is 44.9 Å². The quantitative estimate of drug-likeness (QED) is 0.504. The molecule has 0 radical (unpaired) electrons. The highest BCUT2D eigenvalue weighted by molar-refractivity contribution is 7.80. The van der Waals surface area contributed by atoms with E-state index in [9.17, 15) is 22.8 Å². The molecule has 0 aliphatic carbocycles. The number of hydrogen-bond donors (Lipinski definition) is 1. The van der Waals surface area contributed by atoms with Crippen molar-refractivity contribution in [1.29, 1.82) is 0 Å². The number of hydrogen-bond acceptors (Lipinski definition) is 6. The molecule has 1 aromatic carbocycles. The van der Waals surface area contributed by atoms with Gasteiger partial charge in [0.15, 0.2) is 5.05 Å². The molecule has 3 rings (SSSR count). The van der Waals surface area contributed by atoms with Gasteiger partial charge in [0.25, 0.3) is 5.56 Å². The zero-order valence-corrected chi connectivity index (χ0v) is 18.6. The van der Waals surface area contributed by atoms with Gasteiger partial charge in [0.05, 0.1) is 6.10 Å². The van der Waals surface area contributed by atoms with E-state index >= 15 is 0 Å². The molecule has 1 aromatic heterocycles. The first-order valence-corrected chi connectivity index (χ1v) is 10.3. The van der Waals surface area contributed by atoms with E-state index in [1.165, 1.54) is 0 Å². The van der Waals surface area contributed by atoms with Crippen molar-refractivity contribution in [1.82, 2.24) is 9.55 Å². The Labute approximate surface area is 192 Å². The fourth-order valence-corrected chi connectivity index (χ4v) is 3.75. The van der Waals surface area contributed by atoms with Crippen LogP contribution in [0.2, 0.25) is 0 Å². The van der Waals surface area contributed by atoms with Gasteiger partial charge in [0.1, 0.15) is 31.1 Å². The average molecular weight is 482 g/mol. The van der Waals surface area contributed by atoms with Crippen molar-refractivity contribution in [2.24, 2.45) is 0 Å². The van der Waals surface area contributed by atoms with Gasteiger partial charge < -0.3 is 14.2 Å². The Morgan fingerprint density at radius 3 is 2.76 bits per heavy atom. The van der Waals surface area contributed by atoms with Gasteiger partial charge in [-0.2, -0.15) is 13.2 Å². The van der Waals surface area contributed by atoms with E-state index in [-0.39, 0.29) is 24.7 Å². The molecule has 0 bridgehead atoms. The minimum atomic E-state index is -4.94. The standard InChI is InChI=1S/C22H21F3N2O5S/c1-4-8-30-16-9-18(27-10-15(22(23,24)25)19(28)26-21(27)29)32-17(16)11-31-20(33)14-7-5-6-12(2)13(14)3/h1,5-7,10,16-18H,8-9,11H2,2-3H3,(H,26,28,29)/t16-,17+,18+/m0/s1. The van der Waals surface area contributed by atoms with Crippen molar-refractivity contribution in [3.05, 3.63) is 67.5 Å². The first-order valence-electron chi connectivity index (χ1n) is 9.89. The molecule has 1 N–H and O–H groups in total. The van der Waals surface area contributed by atoms with Crippen LogP contribution >= 0.6 is 12.2 Å². The number of H-pyrrole nitrogens is 1. The van der Waals surface area contributed by atoms with Gasteiger partial charge in [-0.3, -0.25) is 14.3 Å². The second kappa shape index (κ2) is 9.91. The number of aromatic nitrogens is 2. The Kier molecular flexibility index (Phi) is 7.41. The van der Waals surface area contributed by atoms with E-state index in [0.29, 0.717) is 10.8 Å². The summed E-state index contributed by atoms with van der Waals surface area (Å²) in [7, 11) is 0. The number of terminal acetylenes is 1. The maximum Gasteiger partial charge on any atom is 0.423 e. The first kappa shape index (κ1) is 24.7. The van der Waals surface area contributed by atoms with Crippen LogP contribution in [0.4, 0.5) is 13.2 Å². The Hall–Kier alpha value is -2.94. The summed E-state index contributed by atoms with van der Waals surface area (Å²) in [6, 6.07) is 5.59. The Bertz CT molecular complexity index is 1200. The zero-order chi connectivity index (χ0) is 24.3. The number of aromatic amines is 1. The molecule has 1 aliphatic heterocycles. The maximum atomic E-state index is 13.1. The van der Waals surface area contributed by atoms with Crippen LogP contribution in [-0.2, 0) is 20.4 Å². The monoisotopic (exact) mass is 482 g/mol. The summed E-state index contributed by atoms with van der Waals surface area (Å²) in [6.07, 6.45) is -1.84. The number of benzene rings is 1. The zero-order valence-electron chi connectivity index (χ0n) is 17.8. The average Bonchev–Trinajstić information content (AvgIpc) is 3.14. The number of nitrogens with one attached hydrogen (secondary N) is 1. The lowest BCUT2D eigenvalue weighted by molar-refractivity contribution is -0.139. The van der Waals surface area contributed by atoms with E-state index in [0.717, 1.165) is 16.7 Å². The molecule has 0 saturated carbocycles. The predicted octanol–water partition coefficient (Wildman–Crippen LogP) is 2.87. The summed E-state index contributed by atoms with van der Waals surface area (Å²) in [5, 5.41) is 0.222. The van der Waals surface area contributed by atoms with Crippen LogP contribution in [0.1, 0.15) is 34.9 Å². The molecule has 2 aromatic rings. The van der Waals surface area contributed by atoms with Crippen LogP contribution in [0.5, 0.6) is 0 Å². The van der Waals surface area contributed by atoms with E-state index in [2.05, 4.69) is 5.92 Å². The lowest BCUT2D eigenvalue weighted by Gasteiger charge is -2.20. The van der Waals surface area contributed by atoms with Crippen molar-refractivity contribution in [3.8, 4) is 12.3 Å². The highest BCUT2D eigenvalue weighted by atomic mass is 32.1. The van der Waals surface area contributed by atoms with Gasteiger partial charge in [-0.15, -0.1) is 6.42 Å². The van der Waals surface area contributed by atoms with Gasteiger partial charge in [-0.25, -0.2) is 4.79 Å². The summed E-state index contributed by atoms with van der Waals surface area (Å²) in [5.41, 5.74) is -1.37. The van der Waals surface area contributed by atoms with Crippen molar-refractivity contribution < 1.29 is 27.4 Å². The lowest BCUT2D eigenvalue weighted by Crippen LogP contribution is -2.36. The van der Waals surface area contributed by atoms with Gasteiger partial charge in [0, 0.05) is 18.2 Å². The summed E-state index contributed by atoms with van der Waals surface area (Å²) < 4.78 is 57.2. The van der Waals surface area contributed by atoms with Gasteiger partial charge >= 0.3 is 11.9 Å². The molecule has 1 saturated heterocycles. The second-order valence-electron chi connectivity index (χ2n) is 7.47. The number of alkyl halides is 3. The molecule has 0 unspecified atom stereocenters. The molecule has 3 atom stereocenters. The van der Waals surface area contributed by atoms with Crippen LogP contribution in [-0.4, -0.2) is 40.0 Å². The van der Waals surface area contributed by atoms with Crippen LogP contribution < -0.4 is 11.2 Å². The van der Waals surface area contributed by atoms with Gasteiger partial charge in [-0.05, 0) is 37.2 Å². The molecule has 33 heavy (non-hydrogen) atoms. The molecule has 11 heteroatoms. The smallest absolute Gasteiger partial charge is 0.423 e. The molecular weight excluding hydrogens is 461 g/mol. The summed E-state index contributed by atoms with van der Waals surface area (Å²) in [5.74, 6) is 2.31. The molecule has 1 fully saturated rings. The SMILES string of the molecule is C#CCO[C@H]1C[C@H](n2cc(C(F)(F)F)c(=O)[nH]c2=O)O[C@@H]1COC(=S)c1cccc(C)c1C. The molecular formula is C22H21F3N2O5S. The van der Waals surface area contributed by atoms with Crippen LogP contribution in [0.15, 0.2) is 34.0 Å². The van der Waals surface area contributed by atoms with Crippen LogP contribution in [0.3, 0.4) is 0 Å². The number of nitrogens with zero attached hydrogens (tertiary/aromatic N) is 1. The molecule has 176 valence electrons. The highest BCUT2D eigenvalue weighted by Gasteiger charge is 2.40. The van der Waals surface area contributed by atoms with Gasteiger partial charge in [-0.1, -0.05) is 24.1 Å². The van der Waals surface area contributed by atoms with E-state index in [4.69, 9.17) is 32.9 Å². The third kappa shape index (κ3) is 5.52. The van der Waals surface area contributed by atoms with Crippen LogP contribution in [0, 0.1) is 26.2 Å². The number of halogens is 3. The summed E-state index contributed by atoms with van der Waals surface area (Å²) in [6.45, 7) is 3.68. The fraction of sp³-hybridized carbons (Fsp3) is 0.409. The third-order valence-electron chi connectivity index (χ3n) is 5.35. The second-order valence-corrected chi connectivity index (χ2v) is 7.84. The molecule has 7 nitrogen and oxygen atoms in total. The summed E-state index contributed by atoms with van der Waals surface area (Å²) >= 11 is 5.37. The third-order valence-corrected chi connectivity index (χ3v) is 5.69. The molecule has 0 spiro atoms. The minimum absolute atomic E-state index is 0.00912. The summed E-state index contributed by atoms with van der Waals surface area (Å²) in [4.78, 5) is 25.4.